The number of nitrogens with one attached hydrogen (secondary N) is 2. The molecule has 0 aliphatic carbocycles. The van der Waals surface area contributed by atoms with Crippen LogP contribution in [0, 0.1) is 0 Å². The fourth-order valence-electron chi connectivity index (χ4n) is 3.14. The lowest BCUT2D eigenvalue weighted by molar-refractivity contribution is -0.113. The highest BCUT2D eigenvalue weighted by Gasteiger charge is 2.16. The number of ether oxygens (including phenoxy) is 3. The largest absolute Gasteiger partial charge is 0.497 e. The van der Waals surface area contributed by atoms with Crippen LogP contribution in [0.15, 0.2) is 47.6 Å². The molecule has 0 saturated heterocycles. The van der Waals surface area contributed by atoms with Crippen LogP contribution >= 0.6 is 11.8 Å². The van der Waals surface area contributed by atoms with E-state index in [0.717, 1.165) is 0 Å². The zero-order valence-electron chi connectivity index (χ0n) is 19.5. The molecule has 0 radical (unpaired) electrons. The zero-order chi connectivity index (χ0) is 24.5. The smallest absolute Gasteiger partial charge is 0.251 e. The lowest BCUT2D eigenvalue weighted by Crippen LogP contribution is -2.25. The SMILES string of the molecule is CCn1c(CNC(=O)c2ccc(OC)c(OC)c2)nnc1SCC(=O)Nc1cccc(OC)c1. The van der Waals surface area contributed by atoms with Crippen molar-refractivity contribution < 1.29 is 23.8 Å². The highest BCUT2D eigenvalue weighted by molar-refractivity contribution is 7.99. The number of thioether (sulfide) groups is 1. The summed E-state index contributed by atoms with van der Waals surface area (Å²) in [6.07, 6.45) is 0. The minimum Gasteiger partial charge on any atom is -0.497 e. The first kappa shape index (κ1) is 24.9. The molecule has 0 atom stereocenters. The van der Waals surface area contributed by atoms with Crippen molar-refractivity contribution >= 4 is 29.3 Å². The molecule has 0 aliphatic rings. The molecule has 3 rings (SSSR count). The summed E-state index contributed by atoms with van der Waals surface area (Å²) in [5, 5.41) is 14.6. The molecule has 10 nitrogen and oxygen atoms in total. The van der Waals surface area contributed by atoms with E-state index in [1.54, 1.807) is 49.6 Å². The van der Waals surface area contributed by atoms with Crippen LogP contribution in [0.2, 0.25) is 0 Å². The summed E-state index contributed by atoms with van der Waals surface area (Å²) in [7, 11) is 4.62. The first-order chi connectivity index (χ1) is 16.5. The van der Waals surface area contributed by atoms with Crippen LogP contribution in [0.4, 0.5) is 5.69 Å². The average molecular weight is 486 g/mol. The summed E-state index contributed by atoms with van der Waals surface area (Å²) in [6, 6.07) is 12.1. The van der Waals surface area contributed by atoms with E-state index in [4.69, 9.17) is 14.2 Å². The van der Waals surface area contributed by atoms with Crippen molar-refractivity contribution in [2.75, 3.05) is 32.4 Å². The number of nitrogens with zero attached hydrogens (tertiary/aromatic N) is 3. The maximum atomic E-state index is 12.6. The number of anilines is 1. The van der Waals surface area contributed by atoms with Crippen molar-refractivity contribution in [2.45, 2.75) is 25.2 Å². The molecule has 1 heterocycles. The molecular weight excluding hydrogens is 458 g/mol. The van der Waals surface area contributed by atoms with E-state index in [2.05, 4.69) is 20.8 Å². The summed E-state index contributed by atoms with van der Waals surface area (Å²) >= 11 is 1.27. The van der Waals surface area contributed by atoms with Gasteiger partial charge in [-0.05, 0) is 37.3 Å². The fourth-order valence-corrected chi connectivity index (χ4v) is 3.96. The normalized spacial score (nSPS) is 10.5. The van der Waals surface area contributed by atoms with Gasteiger partial charge in [0, 0.05) is 23.9 Å². The van der Waals surface area contributed by atoms with Gasteiger partial charge in [0.15, 0.2) is 22.5 Å². The van der Waals surface area contributed by atoms with Crippen molar-refractivity contribution in [3.8, 4) is 17.2 Å². The van der Waals surface area contributed by atoms with Gasteiger partial charge >= 0.3 is 0 Å². The summed E-state index contributed by atoms with van der Waals surface area (Å²) < 4.78 is 17.5. The van der Waals surface area contributed by atoms with E-state index in [1.165, 1.54) is 26.0 Å². The number of carbonyl (C=O) groups excluding carboxylic acids is 2. The van der Waals surface area contributed by atoms with Gasteiger partial charge in [-0.3, -0.25) is 9.59 Å². The molecule has 0 saturated carbocycles. The Morgan fingerprint density at radius 1 is 1.00 bits per heavy atom. The number of hydrogen-bond acceptors (Lipinski definition) is 8. The van der Waals surface area contributed by atoms with Crippen molar-refractivity contribution in [2.24, 2.45) is 0 Å². The predicted molar refractivity (Wildman–Crippen MR) is 129 cm³/mol. The number of benzene rings is 2. The van der Waals surface area contributed by atoms with Gasteiger partial charge in [-0.1, -0.05) is 17.8 Å². The molecule has 0 unspecified atom stereocenters. The Hall–Kier alpha value is -3.73. The molecule has 2 amide bonds. The number of methoxy groups -OCH3 is 3. The number of amides is 2. The minimum atomic E-state index is -0.279. The van der Waals surface area contributed by atoms with E-state index in [9.17, 15) is 9.59 Å². The lowest BCUT2D eigenvalue weighted by atomic mass is 10.2. The van der Waals surface area contributed by atoms with E-state index >= 15 is 0 Å². The van der Waals surface area contributed by atoms with Crippen LogP contribution < -0.4 is 24.8 Å². The van der Waals surface area contributed by atoms with Gasteiger partial charge in [-0.15, -0.1) is 10.2 Å². The van der Waals surface area contributed by atoms with E-state index in [-0.39, 0.29) is 24.1 Å². The third-order valence-corrected chi connectivity index (χ3v) is 5.82. The molecular formula is C23H27N5O5S. The number of carbonyl (C=O) groups is 2. The minimum absolute atomic E-state index is 0.160. The second-order valence-corrected chi connectivity index (χ2v) is 7.91. The number of hydrogen-bond donors (Lipinski definition) is 2. The molecule has 0 fully saturated rings. The van der Waals surface area contributed by atoms with Crippen molar-refractivity contribution in [3.05, 3.63) is 53.9 Å². The Morgan fingerprint density at radius 3 is 2.50 bits per heavy atom. The van der Waals surface area contributed by atoms with Crippen LogP contribution in [0.3, 0.4) is 0 Å². The Labute approximate surface area is 202 Å². The monoisotopic (exact) mass is 485 g/mol. The van der Waals surface area contributed by atoms with Crippen LogP contribution in [0.1, 0.15) is 23.1 Å². The summed E-state index contributed by atoms with van der Waals surface area (Å²) in [5.41, 5.74) is 1.09. The Balaban J connectivity index is 1.58. The van der Waals surface area contributed by atoms with Crippen molar-refractivity contribution in [1.82, 2.24) is 20.1 Å². The molecule has 2 aromatic carbocycles. The van der Waals surface area contributed by atoms with Gasteiger partial charge in [0.05, 0.1) is 33.6 Å². The maximum absolute atomic E-state index is 12.6. The topological polar surface area (TPSA) is 117 Å². The average Bonchev–Trinajstić information content (AvgIpc) is 3.27. The first-order valence-corrected chi connectivity index (χ1v) is 11.5. The Morgan fingerprint density at radius 2 is 1.79 bits per heavy atom. The van der Waals surface area contributed by atoms with Crippen LogP contribution in [0.5, 0.6) is 17.2 Å². The summed E-state index contributed by atoms with van der Waals surface area (Å²) in [5.74, 6) is 1.97. The molecule has 34 heavy (non-hydrogen) atoms. The molecule has 0 spiro atoms. The predicted octanol–water partition coefficient (Wildman–Crippen LogP) is 2.98. The van der Waals surface area contributed by atoms with Gasteiger partial charge in [0.1, 0.15) is 5.75 Å². The summed E-state index contributed by atoms with van der Waals surface area (Å²) in [6.45, 7) is 2.72. The summed E-state index contributed by atoms with van der Waals surface area (Å²) in [4.78, 5) is 24.9. The number of rotatable bonds is 11. The van der Waals surface area contributed by atoms with Gasteiger partial charge in [0.25, 0.3) is 5.91 Å². The zero-order valence-corrected chi connectivity index (χ0v) is 20.3. The van der Waals surface area contributed by atoms with E-state index in [1.807, 2.05) is 11.5 Å². The molecule has 11 heteroatoms. The molecule has 0 aliphatic heterocycles. The second kappa shape index (κ2) is 11.9. The van der Waals surface area contributed by atoms with E-state index in [0.29, 0.717) is 46.0 Å². The fraction of sp³-hybridized carbons (Fsp3) is 0.304. The first-order valence-electron chi connectivity index (χ1n) is 10.5. The quantitative estimate of drug-likeness (QED) is 0.398. The third kappa shape index (κ3) is 6.19. The highest BCUT2D eigenvalue weighted by atomic mass is 32.2. The third-order valence-electron chi connectivity index (χ3n) is 4.85. The Kier molecular flexibility index (Phi) is 8.74. The lowest BCUT2D eigenvalue weighted by Gasteiger charge is -2.11. The van der Waals surface area contributed by atoms with Crippen LogP contribution in [0.25, 0.3) is 0 Å². The maximum Gasteiger partial charge on any atom is 0.251 e. The van der Waals surface area contributed by atoms with Crippen LogP contribution in [-0.4, -0.2) is 53.7 Å². The highest BCUT2D eigenvalue weighted by Crippen LogP contribution is 2.27. The van der Waals surface area contributed by atoms with E-state index < -0.39 is 0 Å². The standard InChI is InChI=1S/C23H27N5O5S/c1-5-28-20(13-24-22(30)15-9-10-18(32-3)19(11-15)33-4)26-27-23(28)34-14-21(29)25-16-7-6-8-17(12-16)31-2/h6-12H,5,13-14H2,1-4H3,(H,24,30)(H,25,29). The number of aromatic nitrogens is 3. The van der Waals surface area contributed by atoms with Gasteiger partial charge in [-0.2, -0.15) is 0 Å². The Bertz CT molecular complexity index is 1150. The van der Waals surface area contributed by atoms with Gasteiger partial charge < -0.3 is 29.4 Å². The second-order valence-electron chi connectivity index (χ2n) is 6.96. The van der Waals surface area contributed by atoms with Gasteiger partial charge in [0.2, 0.25) is 5.91 Å². The molecule has 3 aromatic rings. The molecule has 180 valence electrons. The van der Waals surface area contributed by atoms with Crippen molar-refractivity contribution in [3.63, 3.8) is 0 Å². The molecule has 0 bridgehead atoms. The van der Waals surface area contributed by atoms with Gasteiger partial charge in [-0.25, -0.2) is 0 Å². The van der Waals surface area contributed by atoms with Crippen molar-refractivity contribution in [1.29, 1.82) is 0 Å². The molecule has 2 N–H and O–H groups in total. The molecule has 1 aromatic heterocycles. The van der Waals surface area contributed by atoms with Crippen LogP contribution in [-0.2, 0) is 17.9 Å².